The van der Waals surface area contributed by atoms with Crippen LogP contribution in [0.1, 0.15) is 46.0 Å². The summed E-state index contributed by atoms with van der Waals surface area (Å²) in [6.45, 7) is 4.03. The van der Waals surface area contributed by atoms with Crippen molar-refractivity contribution in [3.8, 4) is 0 Å². The summed E-state index contributed by atoms with van der Waals surface area (Å²) >= 11 is 0. The van der Waals surface area contributed by atoms with Crippen LogP contribution in [0.4, 0.5) is 13.2 Å². The van der Waals surface area contributed by atoms with Gasteiger partial charge in [-0.1, -0.05) is 19.4 Å². The van der Waals surface area contributed by atoms with Gasteiger partial charge in [0.25, 0.3) is 0 Å². The zero-order valence-corrected chi connectivity index (χ0v) is 12.2. The minimum atomic E-state index is -5.56. The summed E-state index contributed by atoms with van der Waals surface area (Å²) in [6, 6.07) is 0. The fraction of sp³-hybridized carbons (Fsp3) is 0.692. The van der Waals surface area contributed by atoms with Crippen molar-refractivity contribution in [3.05, 3.63) is 23.0 Å². The van der Waals surface area contributed by atoms with Crippen LogP contribution < -0.4 is 0 Å². The van der Waals surface area contributed by atoms with Crippen LogP contribution >= 0.6 is 0 Å². The molecule has 3 nitrogen and oxygen atoms in total. The molecule has 114 valence electrons. The van der Waals surface area contributed by atoms with Crippen molar-refractivity contribution in [1.82, 2.24) is 0 Å². The Hall–Kier alpha value is -0.980. The molecule has 0 aromatic carbocycles. The summed E-state index contributed by atoms with van der Waals surface area (Å²) in [7, 11) is -5.56. The second kappa shape index (κ2) is 4.79. The van der Waals surface area contributed by atoms with Crippen LogP contribution in [-0.2, 0) is 14.3 Å². The van der Waals surface area contributed by atoms with E-state index < -0.39 is 15.6 Å². The molecule has 2 aliphatic carbocycles. The molecule has 0 amide bonds. The highest BCUT2D eigenvalue weighted by Gasteiger charge is 2.49. The van der Waals surface area contributed by atoms with E-state index >= 15 is 0 Å². The van der Waals surface area contributed by atoms with Gasteiger partial charge in [-0.15, -0.1) is 0 Å². The van der Waals surface area contributed by atoms with Gasteiger partial charge in [0.15, 0.2) is 0 Å². The molecule has 20 heavy (non-hydrogen) atoms. The maximum atomic E-state index is 12.3. The molecule has 7 heteroatoms. The first kappa shape index (κ1) is 15.4. The lowest BCUT2D eigenvalue weighted by molar-refractivity contribution is -0.0523. The molecule has 0 heterocycles. The van der Waals surface area contributed by atoms with E-state index in [1.54, 1.807) is 0 Å². The molecule has 0 radical (unpaired) electrons. The Morgan fingerprint density at radius 1 is 1.20 bits per heavy atom. The molecule has 0 saturated carbocycles. The van der Waals surface area contributed by atoms with Crippen LogP contribution in [0.5, 0.6) is 0 Å². The summed E-state index contributed by atoms with van der Waals surface area (Å²) in [5.41, 5.74) is -3.39. The maximum absolute atomic E-state index is 12.3. The van der Waals surface area contributed by atoms with Crippen molar-refractivity contribution in [2.75, 3.05) is 0 Å². The van der Waals surface area contributed by atoms with Crippen LogP contribution in [-0.4, -0.2) is 13.9 Å². The van der Waals surface area contributed by atoms with Gasteiger partial charge in [0.2, 0.25) is 0 Å². The van der Waals surface area contributed by atoms with E-state index in [0.29, 0.717) is 6.42 Å². The summed E-state index contributed by atoms with van der Waals surface area (Å²) in [4.78, 5) is 0. The van der Waals surface area contributed by atoms with Gasteiger partial charge in [-0.2, -0.15) is 21.6 Å². The van der Waals surface area contributed by atoms with E-state index in [4.69, 9.17) is 0 Å². The second-order valence-electron chi connectivity index (χ2n) is 5.85. The molecule has 0 unspecified atom stereocenters. The Morgan fingerprint density at radius 2 is 1.85 bits per heavy atom. The summed E-state index contributed by atoms with van der Waals surface area (Å²) in [5, 5.41) is 0. The van der Waals surface area contributed by atoms with Crippen LogP contribution in [0.25, 0.3) is 0 Å². The lowest BCUT2D eigenvalue weighted by atomic mass is 9.70. The van der Waals surface area contributed by atoms with E-state index in [9.17, 15) is 21.6 Å². The number of allylic oxidation sites excluding steroid dienone is 4. The number of hydrogen-bond donors (Lipinski definition) is 0. The van der Waals surface area contributed by atoms with Crippen molar-refractivity contribution in [2.45, 2.75) is 51.5 Å². The monoisotopic (exact) mass is 310 g/mol. The topological polar surface area (TPSA) is 43.4 Å². The molecule has 0 aliphatic heterocycles. The molecule has 2 rings (SSSR count). The third kappa shape index (κ3) is 2.87. The van der Waals surface area contributed by atoms with E-state index in [0.717, 1.165) is 24.8 Å². The van der Waals surface area contributed by atoms with Gasteiger partial charge in [0.1, 0.15) is 5.76 Å². The first-order valence-corrected chi connectivity index (χ1v) is 7.88. The predicted molar refractivity (Wildman–Crippen MR) is 68.0 cm³/mol. The first-order valence-electron chi connectivity index (χ1n) is 6.47. The normalized spacial score (nSPS) is 23.1. The van der Waals surface area contributed by atoms with Crippen molar-refractivity contribution in [3.63, 3.8) is 0 Å². The summed E-state index contributed by atoms with van der Waals surface area (Å²) in [6.07, 6.45) is 5.16. The fourth-order valence-corrected chi connectivity index (χ4v) is 3.32. The highest BCUT2D eigenvalue weighted by Crippen LogP contribution is 2.45. The first-order chi connectivity index (χ1) is 9.03. The van der Waals surface area contributed by atoms with Gasteiger partial charge in [-0.25, -0.2) is 0 Å². The third-order valence-corrected chi connectivity index (χ3v) is 4.87. The Bertz CT molecular complexity index is 568. The average Bonchev–Trinajstić information content (AvgIpc) is 2.27. The second-order valence-corrected chi connectivity index (χ2v) is 7.39. The lowest BCUT2D eigenvalue weighted by Gasteiger charge is -2.36. The van der Waals surface area contributed by atoms with Crippen molar-refractivity contribution in [2.24, 2.45) is 5.41 Å². The number of hydrogen-bond acceptors (Lipinski definition) is 3. The van der Waals surface area contributed by atoms with Gasteiger partial charge in [-0.3, -0.25) is 0 Å². The van der Waals surface area contributed by atoms with Crippen LogP contribution in [0.2, 0.25) is 0 Å². The Kier molecular flexibility index (Phi) is 3.69. The molecule has 0 atom stereocenters. The van der Waals surface area contributed by atoms with Crippen LogP contribution in [0.3, 0.4) is 0 Å². The van der Waals surface area contributed by atoms with Crippen LogP contribution in [0, 0.1) is 5.41 Å². The SMILES string of the molecule is CC1(C)CCCC2=C1C=C(OS(=O)(=O)C(F)(F)F)CC2. The summed E-state index contributed by atoms with van der Waals surface area (Å²) < 4.78 is 63.3. The van der Waals surface area contributed by atoms with Gasteiger partial charge >= 0.3 is 15.6 Å². The number of halogens is 3. The number of rotatable bonds is 2. The molecule has 0 aromatic rings. The maximum Gasteiger partial charge on any atom is 0.534 e. The zero-order valence-electron chi connectivity index (χ0n) is 11.4. The molecular weight excluding hydrogens is 293 g/mol. The largest absolute Gasteiger partial charge is 0.534 e. The Balaban J connectivity index is 2.29. The van der Waals surface area contributed by atoms with Gasteiger partial charge in [0, 0.05) is 6.42 Å². The molecule has 0 saturated heterocycles. The molecule has 0 N–H and O–H groups in total. The zero-order chi connectivity index (χ0) is 15.2. The minimum Gasteiger partial charge on any atom is -0.381 e. The van der Waals surface area contributed by atoms with E-state index in [1.807, 2.05) is 13.8 Å². The molecule has 0 spiro atoms. The van der Waals surface area contributed by atoms with Gasteiger partial charge < -0.3 is 4.18 Å². The number of alkyl halides is 3. The molecular formula is C13H17F3O3S. The fourth-order valence-electron chi connectivity index (χ4n) is 2.81. The lowest BCUT2D eigenvalue weighted by Crippen LogP contribution is -2.27. The van der Waals surface area contributed by atoms with Crippen molar-refractivity contribution in [1.29, 1.82) is 0 Å². The van der Waals surface area contributed by atoms with Crippen LogP contribution in [0.15, 0.2) is 23.0 Å². The average molecular weight is 310 g/mol. The molecule has 0 fully saturated rings. The van der Waals surface area contributed by atoms with E-state index in [1.165, 1.54) is 11.6 Å². The summed E-state index contributed by atoms with van der Waals surface area (Å²) in [5.74, 6) is -0.115. The van der Waals surface area contributed by atoms with Gasteiger partial charge in [-0.05, 0) is 42.7 Å². The molecule has 0 aromatic heterocycles. The quantitative estimate of drug-likeness (QED) is 0.571. The Morgan fingerprint density at radius 3 is 2.45 bits per heavy atom. The van der Waals surface area contributed by atoms with E-state index in [2.05, 4.69) is 4.18 Å². The highest BCUT2D eigenvalue weighted by atomic mass is 32.2. The smallest absolute Gasteiger partial charge is 0.381 e. The molecule has 0 bridgehead atoms. The molecule has 2 aliphatic rings. The standard InChI is InChI=1S/C13H17F3O3S/c1-12(2)7-3-4-9-5-6-10(8-11(9)12)19-20(17,18)13(14,15)16/h8H,3-7H2,1-2H3. The minimum absolute atomic E-state index is 0.115. The van der Waals surface area contributed by atoms with Crippen molar-refractivity contribution < 1.29 is 25.8 Å². The Labute approximate surface area is 116 Å². The highest BCUT2D eigenvalue weighted by molar-refractivity contribution is 7.87. The van der Waals surface area contributed by atoms with Gasteiger partial charge in [0.05, 0.1) is 0 Å². The predicted octanol–water partition coefficient (Wildman–Crippen LogP) is 4.04. The van der Waals surface area contributed by atoms with Crippen molar-refractivity contribution >= 4 is 10.1 Å². The third-order valence-electron chi connectivity index (χ3n) is 3.87. The van der Waals surface area contributed by atoms with E-state index in [-0.39, 0.29) is 17.6 Å².